The molecule has 0 atom stereocenters. The summed E-state index contributed by atoms with van der Waals surface area (Å²) in [5, 5.41) is 11.2. The average Bonchev–Trinajstić information content (AvgIpc) is 3.92. The molecule has 4 aliphatic rings. The van der Waals surface area contributed by atoms with E-state index in [1.165, 1.54) is 72.5 Å². The van der Waals surface area contributed by atoms with Crippen molar-refractivity contribution in [2.24, 2.45) is 0 Å². The van der Waals surface area contributed by atoms with Crippen LogP contribution < -0.4 is 0 Å². The molecule has 16 heteroatoms. The van der Waals surface area contributed by atoms with Crippen LogP contribution in [0.4, 0.5) is 0 Å². The topological polar surface area (TPSA) is 141 Å². The Balaban J connectivity index is 0.000000266. The Morgan fingerprint density at radius 1 is 0.528 bits per heavy atom. The molecule has 10 rings (SSSR count). The van der Waals surface area contributed by atoms with Crippen LogP contribution in [0.2, 0.25) is 0 Å². The zero-order chi connectivity index (χ0) is 36.3. The maximum absolute atomic E-state index is 13.4. The first-order chi connectivity index (χ1) is 25.1. The van der Waals surface area contributed by atoms with Crippen LogP contribution in [0.5, 0.6) is 0 Å². The second kappa shape index (κ2) is 16.1. The molecule has 4 aliphatic heterocycles. The Kier molecular flexibility index (Phi) is 11.5. The van der Waals surface area contributed by atoms with E-state index in [0.29, 0.717) is 17.1 Å². The minimum absolute atomic E-state index is 0. The van der Waals surface area contributed by atoms with Gasteiger partial charge in [0.15, 0.2) is 10.1 Å². The van der Waals surface area contributed by atoms with Gasteiger partial charge in [-0.25, -0.2) is 22.5 Å². The smallest absolute Gasteiger partial charge is 0.743 e. The summed E-state index contributed by atoms with van der Waals surface area (Å²) in [6, 6.07) is 32.8. The first kappa shape index (κ1) is 38.0. The van der Waals surface area contributed by atoms with Gasteiger partial charge in [0, 0.05) is 35.3 Å². The fourth-order valence-electron chi connectivity index (χ4n) is 6.64. The summed E-state index contributed by atoms with van der Waals surface area (Å²) >= 11 is 0. The van der Waals surface area contributed by atoms with Crippen molar-refractivity contribution in [1.29, 1.82) is 0 Å². The Morgan fingerprint density at radius 2 is 0.774 bits per heavy atom. The summed E-state index contributed by atoms with van der Waals surface area (Å²) < 4.78 is 43.4. The zero-order valence-corrected chi connectivity index (χ0v) is 30.9. The number of Topliss-reactive ketones (excluding diaryl/α,β-unsaturated/α-hetero) is 1. The molecular weight excluding hydrogens is 744 g/mol. The second-order valence-electron chi connectivity index (χ2n) is 13.0. The molecule has 0 unspecified atom stereocenters. The predicted octanol–water partition coefficient (Wildman–Crippen LogP) is 4.06. The maximum Gasteiger partial charge on any atom is 2.00 e. The van der Waals surface area contributed by atoms with Gasteiger partial charge < -0.3 is 9.35 Å². The Hall–Kier alpha value is -4.77. The van der Waals surface area contributed by atoms with Gasteiger partial charge in [-0.05, 0) is 32.0 Å². The van der Waals surface area contributed by atoms with E-state index in [2.05, 4.69) is 34.9 Å². The number of hydrogen-bond donors (Lipinski definition) is 0. The van der Waals surface area contributed by atoms with E-state index in [9.17, 15) is 17.8 Å². The molecule has 0 amide bonds. The van der Waals surface area contributed by atoms with Crippen molar-refractivity contribution < 1.29 is 34.8 Å². The number of hydrogen-bond acceptors (Lipinski definition) is 11. The van der Waals surface area contributed by atoms with Crippen LogP contribution in [0.25, 0.3) is 33.8 Å². The van der Waals surface area contributed by atoms with Gasteiger partial charge in [0.1, 0.15) is 5.78 Å². The van der Waals surface area contributed by atoms with Crippen molar-refractivity contribution in [2.75, 3.05) is 40.0 Å². The van der Waals surface area contributed by atoms with Crippen molar-refractivity contribution >= 4 is 15.9 Å². The first-order valence-electron chi connectivity index (χ1n) is 16.8. The van der Waals surface area contributed by atoms with Crippen molar-refractivity contribution in [1.82, 2.24) is 48.9 Å². The number of nitrogens with zero attached hydrogens (tertiary/aromatic N) is 10. The number of rotatable bonds is 7. The van der Waals surface area contributed by atoms with Crippen molar-refractivity contribution in [2.45, 2.75) is 19.0 Å². The third-order valence-corrected chi connectivity index (χ3v) is 9.84. The standard InChI is InChI=1S/C28H22N6O3S.C6H12N4.C3H6O.Cu/c35-38(36,37)28(32-19-16-25(29-32)22-10-4-1-5-11-22,33-20-17-26(30-33)23-12-6-2-7-13-23)34-21-18-27(31-34)24-14-8-3-9-15-24;1-7-2-9-4-8(1)5-10(3-7)6-9;1-3(2)4;/h1-21H,(H,35,36,37);1-6H2;1-2H3;/q;;;+2/p-1. The normalized spacial score (nSPS) is 20.0. The summed E-state index contributed by atoms with van der Waals surface area (Å²) in [6.45, 7) is 10.2. The van der Waals surface area contributed by atoms with Gasteiger partial charge in [0.25, 0.3) is 0 Å². The van der Waals surface area contributed by atoms with Gasteiger partial charge in [0.05, 0.1) is 57.1 Å². The van der Waals surface area contributed by atoms with Crippen molar-refractivity contribution in [3.63, 3.8) is 0 Å². The largest absolute Gasteiger partial charge is 2.00 e. The van der Waals surface area contributed by atoms with Crippen LogP contribution in [0, 0.1) is 0 Å². The van der Waals surface area contributed by atoms with Gasteiger partial charge >= 0.3 is 22.2 Å². The third kappa shape index (κ3) is 8.10. The molecule has 4 saturated heterocycles. The van der Waals surface area contributed by atoms with Gasteiger partial charge in [-0.15, -0.1) is 0 Å². The Labute approximate surface area is 319 Å². The van der Waals surface area contributed by atoms with E-state index < -0.39 is 15.2 Å². The number of benzene rings is 3. The first-order valence-corrected chi connectivity index (χ1v) is 18.2. The maximum atomic E-state index is 13.4. The number of aromatic nitrogens is 6. The fraction of sp³-hybridized carbons (Fsp3) is 0.243. The van der Waals surface area contributed by atoms with Crippen LogP contribution in [-0.4, -0.2) is 108 Å². The Bertz CT molecular complexity index is 1980. The van der Waals surface area contributed by atoms with Gasteiger partial charge in [0.2, 0.25) is 0 Å². The van der Waals surface area contributed by atoms with Crippen molar-refractivity contribution in [3.8, 4) is 33.8 Å². The van der Waals surface area contributed by atoms with E-state index in [1.54, 1.807) is 18.2 Å². The van der Waals surface area contributed by atoms with Gasteiger partial charge in [-0.1, -0.05) is 91.0 Å². The minimum Gasteiger partial charge on any atom is -0.743 e. The molecule has 1 radical (unpaired) electrons. The minimum atomic E-state index is -5.24. The second-order valence-corrected chi connectivity index (χ2v) is 14.5. The summed E-state index contributed by atoms with van der Waals surface area (Å²) in [4.78, 5) is 19.3. The molecule has 4 fully saturated rings. The van der Waals surface area contributed by atoms with E-state index >= 15 is 0 Å². The van der Waals surface area contributed by atoms with Crippen LogP contribution in [-0.2, 0) is 37.1 Å². The third-order valence-electron chi connectivity index (χ3n) is 8.61. The molecule has 0 aliphatic carbocycles. The molecule has 53 heavy (non-hydrogen) atoms. The number of ketones is 1. The molecule has 7 heterocycles. The van der Waals surface area contributed by atoms with Crippen LogP contribution in [0.15, 0.2) is 128 Å². The molecule has 6 aromatic rings. The number of carbonyl (C=O) groups is 1. The van der Waals surface area contributed by atoms with Gasteiger partial charge in [-0.3, -0.25) is 19.6 Å². The average molecular weight is 783 g/mol. The zero-order valence-electron chi connectivity index (χ0n) is 29.2. The monoisotopic (exact) mass is 782 g/mol. The quantitative estimate of drug-likeness (QED) is 0.171. The SMILES string of the molecule is C1N2CN3CN1CN(C2)C3.CC(C)=O.O=S(=O)([O-])C(n1ccc(-c2ccccc2)n1)(n1ccc(-c2ccccc2)n1)n1ccc(-c2ccccc2)n1.[Cu+2]. The molecule has 0 spiro atoms. The fourth-order valence-corrected chi connectivity index (χ4v) is 7.63. The van der Waals surface area contributed by atoms with E-state index in [4.69, 9.17) is 0 Å². The molecule has 14 nitrogen and oxygen atoms in total. The van der Waals surface area contributed by atoms with Crippen LogP contribution in [0.1, 0.15) is 13.8 Å². The predicted molar refractivity (Wildman–Crippen MR) is 194 cm³/mol. The molecule has 0 saturated carbocycles. The van der Waals surface area contributed by atoms with Crippen LogP contribution >= 0.6 is 0 Å². The summed E-state index contributed by atoms with van der Waals surface area (Å²) in [5.41, 5.74) is 3.76. The summed E-state index contributed by atoms with van der Waals surface area (Å²) in [7, 11) is -5.24. The van der Waals surface area contributed by atoms with Crippen LogP contribution in [0.3, 0.4) is 0 Å². The molecule has 0 N–H and O–H groups in total. The van der Waals surface area contributed by atoms with E-state index in [0.717, 1.165) is 30.7 Å². The summed E-state index contributed by atoms with van der Waals surface area (Å²) in [5.74, 6) is 0.167. The molecule has 277 valence electrons. The molecule has 3 aromatic heterocycles. The van der Waals surface area contributed by atoms with Crippen molar-refractivity contribution in [3.05, 3.63) is 128 Å². The van der Waals surface area contributed by atoms with Gasteiger partial charge in [-0.2, -0.15) is 15.3 Å². The van der Waals surface area contributed by atoms with E-state index in [1.807, 2.05) is 91.0 Å². The molecular formula is C37H39CuN10O4S+. The van der Waals surface area contributed by atoms with E-state index in [-0.39, 0.29) is 22.9 Å². The number of carbonyl (C=O) groups excluding carboxylic acids is 1. The summed E-state index contributed by atoms with van der Waals surface area (Å²) in [6.07, 6.45) is 4.35. The molecule has 4 bridgehead atoms. The Morgan fingerprint density at radius 3 is 1.00 bits per heavy atom. The molecule has 3 aromatic carbocycles.